The Balaban J connectivity index is 2.43. The summed E-state index contributed by atoms with van der Waals surface area (Å²) in [6.45, 7) is 6.87. The van der Waals surface area contributed by atoms with Crippen molar-refractivity contribution in [1.82, 2.24) is 4.90 Å². The van der Waals surface area contributed by atoms with Crippen LogP contribution in [0.15, 0.2) is 0 Å². The zero-order valence-corrected chi connectivity index (χ0v) is 9.23. The van der Waals surface area contributed by atoms with Crippen molar-refractivity contribution in [2.24, 2.45) is 0 Å². The molecule has 0 radical (unpaired) electrons. The molecule has 0 amide bonds. The Labute approximate surface area is 78.3 Å². The van der Waals surface area contributed by atoms with E-state index in [-0.39, 0.29) is 0 Å². The molecule has 1 aliphatic rings. The summed E-state index contributed by atoms with van der Waals surface area (Å²) in [6, 6.07) is 0. The molecule has 0 bridgehead atoms. The van der Waals surface area contributed by atoms with Crippen molar-refractivity contribution < 1.29 is 0 Å². The lowest BCUT2D eigenvalue weighted by Crippen LogP contribution is -2.40. The zero-order valence-electron chi connectivity index (χ0n) is 7.59. The minimum Gasteiger partial charge on any atom is -0.280 e. The van der Waals surface area contributed by atoms with Crippen molar-refractivity contribution in [1.29, 1.82) is 0 Å². The fourth-order valence-electron chi connectivity index (χ4n) is 0.892. The topological polar surface area (TPSA) is 3.24 Å². The molecular formula is C8H17NS2. The zero-order chi connectivity index (χ0) is 8.32. The number of rotatable bonds is 0. The first-order valence-electron chi connectivity index (χ1n) is 4.01. The summed E-state index contributed by atoms with van der Waals surface area (Å²) in [5, 5.41) is 0. The highest BCUT2D eigenvalue weighted by atomic mass is 32.2. The van der Waals surface area contributed by atoms with Crippen molar-refractivity contribution in [2.45, 2.75) is 26.3 Å². The fourth-order valence-corrected chi connectivity index (χ4v) is 3.61. The van der Waals surface area contributed by atoms with Crippen LogP contribution < -0.4 is 0 Å². The van der Waals surface area contributed by atoms with E-state index in [1.807, 2.05) is 0 Å². The standard InChI is InChI=1S/C8H17NS2/c1-8(2,3)9-6-10-4-5-11-7-9/h4-7H2,1-3H3. The molecule has 0 saturated carbocycles. The first-order valence-corrected chi connectivity index (χ1v) is 6.32. The number of hydrogen-bond acceptors (Lipinski definition) is 3. The summed E-state index contributed by atoms with van der Waals surface area (Å²) in [4.78, 5) is 2.54. The third-order valence-corrected chi connectivity index (χ3v) is 4.05. The Hall–Kier alpha value is 0.660. The van der Waals surface area contributed by atoms with Gasteiger partial charge in [0, 0.05) is 28.8 Å². The van der Waals surface area contributed by atoms with E-state index in [1.165, 1.54) is 23.3 Å². The van der Waals surface area contributed by atoms with Crippen LogP contribution in [0.3, 0.4) is 0 Å². The first-order chi connectivity index (χ1) is 5.11. The molecule has 0 aliphatic carbocycles. The van der Waals surface area contributed by atoms with Gasteiger partial charge in [-0.05, 0) is 20.8 Å². The van der Waals surface area contributed by atoms with E-state index in [4.69, 9.17) is 0 Å². The maximum absolute atomic E-state index is 2.54. The van der Waals surface area contributed by atoms with Crippen LogP contribution in [-0.2, 0) is 0 Å². The van der Waals surface area contributed by atoms with Crippen LogP contribution in [0.4, 0.5) is 0 Å². The van der Waals surface area contributed by atoms with Crippen molar-refractivity contribution in [3.63, 3.8) is 0 Å². The minimum atomic E-state index is 0.352. The van der Waals surface area contributed by atoms with Gasteiger partial charge in [0.05, 0.1) is 0 Å². The van der Waals surface area contributed by atoms with Gasteiger partial charge in [-0.15, -0.1) is 23.5 Å². The van der Waals surface area contributed by atoms with Crippen LogP contribution in [0, 0.1) is 0 Å². The summed E-state index contributed by atoms with van der Waals surface area (Å²) in [5.41, 5.74) is 0.352. The molecule has 1 heterocycles. The largest absolute Gasteiger partial charge is 0.280 e. The highest BCUT2D eigenvalue weighted by Crippen LogP contribution is 2.24. The van der Waals surface area contributed by atoms with E-state index in [2.05, 4.69) is 49.2 Å². The summed E-state index contributed by atoms with van der Waals surface area (Å²) in [7, 11) is 0. The lowest BCUT2D eigenvalue weighted by atomic mass is 10.1. The summed E-state index contributed by atoms with van der Waals surface area (Å²) < 4.78 is 0. The molecular weight excluding hydrogens is 174 g/mol. The smallest absolute Gasteiger partial charge is 0.0457 e. The summed E-state index contributed by atoms with van der Waals surface area (Å²) in [5.74, 6) is 5.04. The van der Waals surface area contributed by atoms with Crippen LogP contribution in [0.2, 0.25) is 0 Å². The maximum atomic E-state index is 2.54. The molecule has 3 heteroatoms. The highest BCUT2D eigenvalue weighted by Gasteiger charge is 2.21. The summed E-state index contributed by atoms with van der Waals surface area (Å²) >= 11 is 4.11. The van der Waals surface area contributed by atoms with E-state index in [1.54, 1.807) is 0 Å². The van der Waals surface area contributed by atoms with Gasteiger partial charge < -0.3 is 0 Å². The summed E-state index contributed by atoms with van der Waals surface area (Å²) in [6.07, 6.45) is 0. The van der Waals surface area contributed by atoms with E-state index >= 15 is 0 Å². The molecule has 1 saturated heterocycles. The van der Waals surface area contributed by atoms with Crippen LogP contribution in [0.1, 0.15) is 20.8 Å². The van der Waals surface area contributed by atoms with Crippen LogP contribution >= 0.6 is 23.5 Å². The molecule has 1 rings (SSSR count). The molecule has 1 nitrogen and oxygen atoms in total. The molecule has 11 heavy (non-hydrogen) atoms. The molecule has 1 aliphatic heterocycles. The molecule has 1 fully saturated rings. The quantitative estimate of drug-likeness (QED) is 0.579. The number of hydrogen-bond donors (Lipinski definition) is 0. The SMILES string of the molecule is CC(C)(C)N1CSCCSC1. The van der Waals surface area contributed by atoms with Crippen molar-refractivity contribution in [3.05, 3.63) is 0 Å². The van der Waals surface area contributed by atoms with Crippen molar-refractivity contribution in [3.8, 4) is 0 Å². The Bertz CT molecular complexity index is 112. The highest BCUT2D eigenvalue weighted by molar-refractivity contribution is 8.03. The predicted octanol–water partition coefficient (Wildman–Crippen LogP) is 2.48. The molecule has 66 valence electrons. The van der Waals surface area contributed by atoms with Gasteiger partial charge >= 0.3 is 0 Å². The first kappa shape index (κ1) is 9.75. The molecule has 0 N–H and O–H groups in total. The van der Waals surface area contributed by atoms with Crippen molar-refractivity contribution in [2.75, 3.05) is 23.3 Å². The predicted molar refractivity (Wildman–Crippen MR) is 56.2 cm³/mol. The molecule has 0 unspecified atom stereocenters. The third-order valence-electron chi connectivity index (χ3n) is 1.81. The fraction of sp³-hybridized carbons (Fsp3) is 1.00. The normalized spacial score (nSPS) is 23.2. The van der Waals surface area contributed by atoms with E-state index in [0.717, 1.165) is 0 Å². The van der Waals surface area contributed by atoms with Crippen LogP contribution in [-0.4, -0.2) is 33.7 Å². The number of nitrogens with zero attached hydrogens (tertiary/aromatic N) is 1. The molecule has 0 aromatic rings. The Morgan fingerprint density at radius 1 is 1.00 bits per heavy atom. The molecule has 0 aromatic carbocycles. The van der Waals surface area contributed by atoms with E-state index in [0.29, 0.717) is 5.54 Å². The van der Waals surface area contributed by atoms with Gasteiger partial charge in [-0.3, -0.25) is 4.90 Å². The molecule has 0 atom stereocenters. The Morgan fingerprint density at radius 2 is 1.45 bits per heavy atom. The van der Waals surface area contributed by atoms with Gasteiger partial charge in [-0.2, -0.15) is 0 Å². The second kappa shape index (κ2) is 4.06. The Kier molecular flexibility index (Phi) is 3.59. The van der Waals surface area contributed by atoms with Gasteiger partial charge in [0.15, 0.2) is 0 Å². The average Bonchev–Trinajstić information content (AvgIpc) is 2.10. The Morgan fingerprint density at radius 3 is 1.82 bits per heavy atom. The monoisotopic (exact) mass is 191 g/mol. The third kappa shape index (κ3) is 3.26. The van der Waals surface area contributed by atoms with Crippen LogP contribution in [0.25, 0.3) is 0 Å². The van der Waals surface area contributed by atoms with Crippen molar-refractivity contribution >= 4 is 23.5 Å². The second-order valence-corrected chi connectivity index (χ2v) is 5.93. The van der Waals surface area contributed by atoms with Gasteiger partial charge in [0.25, 0.3) is 0 Å². The average molecular weight is 191 g/mol. The van der Waals surface area contributed by atoms with Gasteiger partial charge in [0.1, 0.15) is 0 Å². The second-order valence-electron chi connectivity index (χ2n) is 3.79. The van der Waals surface area contributed by atoms with E-state index in [9.17, 15) is 0 Å². The maximum Gasteiger partial charge on any atom is 0.0457 e. The van der Waals surface area contributed by atoms with Gasteiger partial charge in [0.2, 0.25) is 0 Å². The van der Waals surface area contributed by atoms with Gasteiger partial charge in [-0.1, -0.05) is 0 Å². The molecule has 0 spiro atoms. The van der Waals surface area contributed by atoms with E-state index < -0.39 is 0 Å². The van der Waals surface area contributed by atoms with Crippen LogP contribution in [0.5, 0.6) is 0 Å². The molecule has 0 aromatic heterocycles. The lowest BCUT2D eigenvalue weighted by molar-refractivity contribution is 0.199. The number of thioether (sulfide) groups is 2. The van der Waals surface area contributed by atoms with Gasteiger partial charge in [-0.25, -0.2) is 0 Å². The minimum absolute atomic E-state index is 0.352. The lowest BCUT2D eigenvalue weighted by Gasteiger charge is -2.33.